The summed E-state index contributed by atoms with van der Waals surface area (Å²) in [7, 11) is 0. The lowest BCUT2D eigenvalue weighted by Gasteiger charge is -2.15. The Kier molecular flexibility index (Phi) is 11.9. The van der Waals surface area contributed by atoms with E-state index in [4.69, 9.17) is 5.11 Å². The molecule has 0 aliphatic rings. The molecule has 0 aromatic carbocycles. The van der Waals surface area contributed by atoms with E-state index in [1.165, 1.54) is 13.0 Å². The molecule has 6 nitrogen and oxygen atoms in total. The fraction of sp³-hybridized carbons (Fsp3) is 0.632. The maximum Gasteiger partial charge on any atom is 0.320 e. The molecule has 0 aliphatic heterocycles. The first-order valence-electron chi connectivity index (χ1n) is 8.68. The zero-order valence-corrected chi connectivity index (χ0v) is 16.8. The van der Waals surface area contributed by atoms with Crippen molar-refractivity contribution < 1.29 is 29.1 Å². The van der Waals surface area contributed by atoms with E-state index in [1.807, 2.05) is 0 Å². The molecule has 0 aromatic rings. The summed E-state index contributed by atoms with van der Waals surface area (Å²) in [6.45, 7) is 4.99. The molecule has 0 radical (unpaired) electrons. The smallest absolute Gasteiger partial charge is 0.320 e. The fourth-order valence-corrected chi connectivity index (χ4v) is 2.48. The maximum absolute atomic E-state index is 11.8. The van der Waals surface area contributed by atoms with Gasteiger partial charge in [-0.1, -0.05) is 22.0 Å². The number of allylic oxidation sites excluding steroid dienone is 1. The number of aliphatic carboxylic acids is 1. The van der Waals surface area contributed by atoms with Crippen molar-refractivity contribution in [2.45, 2.75) is 75.5 Å². The monoisotopic (exact) mass is 430 g/mol. The molecule has 1 unspecified atom stereocenters. The summed E-state index contributed by atoms with van der Waals surface area (Å²) in [4.78, 5) is 57.3. The number of carboxylic acids is 1. The lowest BCUT2D eigenvalue weighted by molar-refractivity contribution is -0.139. The first-order chi connectivity index (χ1) is 12.1. The number of carboxylic acid groups (broad SMARTS) is 1. The third-order valence-corrected chi connectivity index (χ3v) is 4.70. The Morgan fingerprint density at radius 1 is 0.846 bits per heavy atom. The largest absolute Gasteiger partial charge is 0.480 e. The molecular weight excluding hydrogens is 404 g/mol. The Morgan fingerprint density at radius 2 is 1.23 bits per heavy atom. The van der Waals surface area contributed by atoms with Crippen molar-refractivity contribution >= 4 is 45.0 Å². The summed E-state index contributed by atoms with van der Waals surface area (Å²) in [5, 5.41) is 8.95. The molecule has 0 aromatic heterocycles. The number of hydrogen-bond acceptors (Lipinski definition) is 5. The van der Waals surface area contributed by atoms with E-state index in [9.17, 15) is 24.0 Å². The van der Waals surface area contributed by atoms with Gasteiger partial charge in [0.1, 0.15) is 27.5 Å². The fourth-order valence-electron chi connectivity index (χ4n) is 2.20. The highest BCUT2D eigenvalue weighted by molar-refractivity contribution is 9.10. The van der Waals surface area contributed by atoms with Crippen molar-refractivity contribution in [2.24, 2.45) is 0 Å². The standard InChI is InChI=1S/C19H27BrO6/c1-3-5-14(21)7-9-16(23)11-12-17(24)10-8-15(22)6-4-13-19(2,20)18(25)26/h3H,1,4-13H2,2H3,(H,25,26). The van der Waals surface area contributed by atoms with Gasteiger partial charge in [-0.15, -0.1) is 6.58 Å². The van der Waals surface area contributed by atoms with Crippen molar-refractivity contribution in [2.75, 3.05) is 0 Å². The van der Waals surface area contributed by atoms with Gasteiger partial charge in [0.25, 0.3) is 0 Å². The van der Waals surface area contributed by atoms with Gasteiger partial charge in [0.2, 0.25) is 0 Å². The number of carbonyl (C=O) groups excluding carboxylic acids is 4. The van der Waals surface area contributed by atoms with Crippen LogP contribution >= 0.6 is 15.9 Å². The lowest BCUT2D eigenvalue weighted by Crippen LogP contribution is -2.27. The summed E-state index contributed by atoms with van der Waals surface area (Å²) in [5.41, 5.74) is 0. The van der Waals surface area contributed by atoms with Crippen LogP contribution in [0.5, 0.6) is 0 Å². The number of ketones is 4. The minimum absolute atomic E-state index is 0.0484. The topological polar surface area (TPSA) is 106 Å². The molecule has 0 rings (SSSR count). The van der Waals surface area contributed by atoms with Crippen molar-refractivity contribution in [3.8, 4) is 0 Å². The maximum atomic E-state index is 11.8. The van der Waals surface area contributed by atoms with Gasteiger partial charge in [0.15, 0.2) is 0 Å². The quantitative estimate of drug-likeness (QED) is 0.296. The normalized spacial score (nSPS) is 12.8. The predicted molar refractivity (Wildman–Crippen MR) is 101 cm³/mol. The molecule has 0 heterocycles. The number of rotatable bonds is 16. The van der Waals surface area contributed by atoms with Crippen LogP contribution in [0.25, 0.3) is 0 Å². The highest BCUT2D eigenvalue weighted by Crippen LogP contribution is 2.24. The Bertz CT molecular complexity index is 550. The zero-order chi connectivity index (χ0) is 20.2. The molecule has 0 fully saturated rings. The van der Waals surface area contributed by atoms with E-state index in [2.05, 4.69) is 22.5 Å². The van der Waals surface area contributed by atoms with Crippen molar-refractivity contribution in [1.82, 2.24) is 0 Å². The van der Waals surface area contributed by atoms with Gasteiger partial charge in [-0.3, -0.25) is 24.0 Å². The van der Waals surface area contributed by atoms with E-state index >= 15 is 0 Å². The Hall–Kier alpha value is -1.63. The molecule has 26 heavy (non-hydrogen) atoms. The molecule has 146 valence electrons. The molecule has 0 amide bonds. The van der Waals surface area contributed by atoms with E-state index < -0.39 is 10.3 Å². The van der Waals surface area contributed by atoms with Crippen LogP contribution in [0.15, 0.2) is 12.7 Å². The van der Waals surface area contributed by atoms with Crippen molar-refractivity contribution in [3.05, 3.63) is 12.7 Å². The molecular formula is C19H27BrO6. The van der Waals surface area contributed by atoms with Gasteiger partial charge in [-0.25, -0.2) is 0 Å². The summed E-state index contributed by atoms with van der Waals surface area (Å²) in [5.74, 6) is -1.40. The summed E-state index contributed by atoms with van der Waals surface area (Å²) in [6, 6.07) is 0. The second-order valence-electron chi connectivity index (χ2n) is 6.50. The molecule has 0 bridgehead atoms. The van der Waals surface area contributed by atoms with Gasteiger partial charge in [-0.2, -0.15) is 0 Å². The predicted octanol–water partition coefficient (Wildman–Crippen LogP) is 3.59. The average molecular weight is 431 g/mol. The van der Waals surface area contributed by atoms with Crippen LogP contribution in [-0.4, -0.2) is 38.5 Å². The van der Waals surface area contributed by atoms with Crippen LogP contribution in [0, 0.1) is 0 Å². The van der Waals surface area contributed by atoms with Crippen LogP contribution in [0.2, 0.25) is 0 Å². The minimum Gasteiger partial charge on any atom is -0.480 e. The average Bonchev–Trinajstić information content (AvgIpc) is 2.56. The summed E-state index contributed by atoms with van der Waals surface area (Å²) < 4.78 is -1.05. The number of Topliss-reactive ketones (excluding diaryl/α,β-unsaturated/α-hetero) is 4. The zero-order valence-electron chi connectivity index (χ0n) is 15.2. The van der Waals surface area contributed by atoms with E-state index in [-0.39, 0.29) is 74.5 Å². The molecule has 0 saturated heterocycles. The van der Waals surface area contributed by atoms with Crippen LogP contribution in [-0.2, 0) is 24.0 Å². The van der Waals surface area contributed by atoms with Crippen LogP contribution < -0.4 is 0 Å². The van der Waals surface area contributed by atoms with Gasteiger partial charge < -0.3 is 5.11 Å². The minimum atomic E-state index is -1.05. The third-order valence-electron chi connectivity index (χ3n) is 3.97. The molecule has 0 saturated carbocycles. The van der Waals surface area contributed by atoms with E-state index in [1.54, 1.807) is 0 Å². The number of alkyl halides is 1. The van der Waals surface area contributed by atoms with Crippen molar-refractivity contribution in [1.29, 1.82) is 0 Å². The van der Waals surface area contributed by atoms with E-state index in [0.29, 0.717) is 12.8 Å². The third kappa shape index (κ3) is 11.8. The summed E-state index contributed by atoms with van der Waals surface area (Å²) >= 11 is 3.10. The Morgan fingerprint density at radius 3 is 1.62 bits per heavy atom. The van der Waals surface area contributed by atoms with E-state index in [0.717, 1.165) is 0 Å². The highest BCUT2D eigenvalue weighted by Gasteiger charge is 2.28. The van der Waals surface area contributed by atoms with Crippen molar-refractivity contribution in [3.63, 3.8) is 0 Å². The van der Waals surface area contributed by atoms with Crippen LogP contribution in [0.4, 0.5) is 0 Å². The molecule has 7 heteroatoms. The van der Waals surface area contributed by atoms with Gasteiger partial charge in [0.05, 0.1) is 0 Å². The highest BCUT2D eigenvalue weighted by atomic mass is 79.9. The molecule has 0 spiro atoms. The SMILES string of the molecule is C=CCC(=O)CCC(=O)CCC(=O)CCC(=O)CCCC(C)(Br)C(=O)O. The van der Waals surface area contributed by atoms with Crippen LogP contribution in [0.3, 0.4) is 0 Å². The number of carbonyl (C=O) groups is 5. The summed E-state index contributed by atoms with van der Waals surface area (Å²) in [6.07, 6.45) is 3.39. The number of hydrogen-bond donors (Lipinski definition) is 1. The Labute approximate surface area is 162 Å². The lowest BCUT2D eigenvalue weighted by atomic mass is 9.99. The Balaban J connectivity index is 3.89. The molecule has 1 N–H and O–H groups in total. The number of halogens is 1. The second kappa shape index (κ2) is 12.7. The van der Waals surface area contributed by atoms with Gasteiger partial charge >= 0.3 is 5.97 Å². The molecule has 1 atom stereocenters. The molecule has 0 aliphatic carbocycles. The van der Waals surface area contributed by atoms with Crippen LogP contribution in [0.1, 0.15) is 71.1 Å². The van der Waals surface area contributed by atoms with Gasteiger partial charge in [-0.05, 0) is 19.8 Å². The first kappa shape index (κ1) is 24.4. The first-order valence-corrected chi connectivity index (χ1v) is 9.47. The van der Waals surface area contributed by atoms with Gasteiger partial charge in [0, 0.05) is 51.4 Å². The second-order valence-corrected chi connectivity index (χ2v) is 8.25.